The van der Waals surface area contributed by atoms with Gasteiger partial charge in [0, 0.05) is 6.20 Å². The van der Waals surface area contributed by atoms with Gasteiger partial charge in [-0.2, -0.15) is 4.99 Å². The lowest BCUT2D eigenvalue weighted by Crippen LogP contribution is -2.53. The topological polar surface area (TPSA) is 69.0 Å². The van der Waals surface area contributed by atoms with Gasteiger partial charge in [0.05, 0.1) is 31.4 Å². The van der Waals surface area contributed by atoms with E-state index in [9.17, 15) is 9.18 Å². The second-order valence-electron chi connectivity index (χ2n) is 8.72. The molecule has 1 aromatic heterocycles. The van der Waals surface area contributed by atoms with Crippen LogP contribution in [0.2, 0.25) is 0 Å². The molecule has 0 spiro atoms. The minimum Gasteiger partial charge on any atom is -0.495 e. The average Bonchev–Trinajstić information content (AvgIpc) is 3.36. The van der Waals surface area contributed by atoms with Crippen molar-refractivity contribution >= 4 is 17.8 Å². The zero-order chi connectivity index (χ0) is 24.0. The number of nitrogens with zero attached hydrogens (tertiary/aromatic N) is 4. The Labute approximate surface area is 197 Å². The van der Waals surface area contributed by atoms with Crippen LogP contribution in [0.3, 0.4) is 0 Å². The van der Waals surface area contributed by atoms with Crippen LogP contribution in [-0.2, 0) is 15.1 Å². The largest absolute Gasteiger partial charge is 0.495 e. The molecule has 0 N–H and O–H groups in total. The molecule has 2 aliphatic heterocycles. The van der Waals surface area contributed by atoms with Crippen LogP contribution in [0.4, 0.5) is 4.39 Å². The van der Waals surface area contributed by atoms with Crippen LogP contribution in [-0.4, -0.2) is 46.0 Å². The zero-order valence-electron chi connectivity index (χ0n) is 19.4. The fourth-order valence-corrected chi connectivity index (χ4v) is 4.47. The molecule has 34 heavy (non-hydrogen) atoms. The van der Waals surface area contributed by atoms with Crippen molar-refractivity contribution in [2.75, 3.05) is 13.7 Å². The number of hydrogen-bond acceptors (Lipinski definition) is 5. The third kappa shape index (κ3) is 3.55. The van der Waals surface area contributed by atoms with E-state index in [0.717, 1.165) is 16.9 Å². The summed E-state index contributed by atoms with van der Waals surface area (Å²) in [5.41, 5.74) is 2.27. The Bertz CT molecular complexity index is 1330. The maximum Gasteiger partial charge on any atom is 0.278 e. The second kappa shape index (κ2) is 8.13. The number of hydrogen-bond donors (Lipinski definition) is 0. The molecule has 0 saturated carbocycles. The molecule has 3 heterocycles. The number of fused-ring (bicyclic) bond motifs is 1. The Kier molecular flexibility index (Phi) is 5.23. The normalized spacial score (nSPS) is 23.0. The third-order valence-electron chi connectivity index (χ3n) is 6.31. The van der Waals surface area contributed by atoms with Crippen LogP contribution in [0.25, 0.3) is 11.8 Å². The van der Waals surface area contributed by atoms with E-state index in [4.69, 9.17) is 9.47 Å². The highest BCUT2D eigenvalue weighted by atomic mass is 19.1. The van der Waals surface area contributed by atoms with Gasteiger partial charge in [0.25, 0.3) is 5.91 Å². The number of methoxy groups -OCH3 is 1. The van der Waals surface area contributed by atoms with Crippen molar-refractivity contribution in [2.24, 2.45) is 4.99 Å². The summed E-state index contributed by atoms with van der Waals surface area (Å²) < 4.78 is 27.2. The summed E-state index contributed by atoms with van der Waals surface area (Å²) in [6.07, 6.45) is 5.35. The Morgan fingerprint density at radius 1 is 1.24 bits per heavy atom. The standard InChI is InChI=1S/C26H25FN4O3/c1-16-13-30(15-28-16)21-10-5-18(11-22(21)33-4)12-23-24-29-25(32)26(3,31(24)14-17(2)34-23)19-6-8-20(27)9-7-19/h5-13,15,17H,14H2,1-4H3/b23-12-. The van der Waals surface area contributed by atoms with Gasteiger partial charge in [0.1, 0.15) is 23.2 Å². The van der Waals surface area contributed by atoms with Gasteiger partial charge in [-0.25, -0.2) is 9.37 Å². The molecule has 5 rings (SSSR count). The summed E-state index contributed by atoms with van der Waals surface area (Å²) in [6.45, 7) is 6.18. The highest BCUT2D eigenvalue weighted by Gasteiger charge is 2.51. The van der Waals surface area contributed by atoms with Gasteiger partial charge in [0.15, 0.2) is 11.6 Å². The summed E-state index contributed by atoms with van der Waals surface area (Å²) in [5, 5.41) is 0. The first-order chi connectivity index (χ1) is 16.3. The fraction of sp³-hybridized carbons (Fsp3) is 0.269. The van der Waals surface area contributed by atoms with Gasteiger partial charge >= 0.3 is 0 Å². The number of aliphatic imine (C=N–C) groups is 1. The first-order valence-corrected chi connectivity index (χ1v) is 11.0. The van der Waals surface area contributed by atoms with Crippen molar-refractivity contribution < 1.29 is 18.7 Å². The molecule has 1 amide bonds. The smallest absolute Gasteiger partial charge is 0.278 e. The molecule has 3 aromatic rings. The van der Waals surface area contributed by atoms with Gasteiger partial charge in [-0.1, -0.05) is 18.2 Å². The molecule has 2 atom stereocenters. The number of rotatable bonds is 4. The molecule has 0 aliphatic carbocycles. The lowest BCUT2D eigenvalue weighted by atomic mass is 9.89. The minimum atomic E-state index is -1.03. The molecule has 2 aromatic carbocycles. The molecular formula is C26H25FN4O3. The SMILES string of the molecule is COc1cc(/C=C2\OC(C)CN3C2=NC(=O)C3(C)c2ccc(F)cc2)ccc1-n1cnc(C)c1. The number of amidine groups is 1. The number of benzene rings is 2. The highest BCUT2D eigenvalue weighted by Crippen LogP contribution is 2.39. The molecule has 0 bridgehead atoms. The van der Waals surface area contributed by atoms with Crippen LogP contribution in [0, 0.1) is 12.7 Å². The number of ether oxygens (including phenoxy) is 2. The molecule has 174 valence electrons. The molecule has 8 heteroatoms. The summed E-state index contributed by atoms with van der Waals surface area (Å²) in [6, 6.07) is 11.8. The van der Waals surface area contributed by atoms with E-state index in [-0.39, 0.29) is 17.8 Å². The maximum atomic E-state index is 13.5. The Morgan fingerprint density at radius 3 is 2.68 bits per heavy atom. The summed E-state index contributed by atoms with van der Waals surface area (Å²) in [7, 11) is 1.62. The number of halogens is 1. The molecule has 2 aliphatic rings. The van der Waals surface area contributed by atoms with Crippen molar-refractivity contribution in [1.29, 1.82) is 0 Å². The quantitative estimate of drug-likeness (QED) is 0.583. The van der Waals surface area contributed by atoms with Crippen molar-refractivity contribution in [3.8, 4) is 11.4 Å². The number of aromatic nitrogens is 2. The highest BCUT2D eigenvalue weighted by molar-refractivity contribution is 6.14. The summed E-state index contributed by atoms with van der Waals surface area (Å²) in [4.78, 5) is 23.7. The van der Waals surface area contributed by atoms with Crippen LogP contribution in [0.15, 0.2) is 65.7 Å². The third-order valence-corrected chi connectivity index (χ3v) is 6.31. The second-order valence-corrected chi connectivity index (χ2v) is 8.72. The molecule has 1 saturated heterocycles. The van der Waals surface area contributed by atoms with Gasteiger partial charge in [-0.15, -0.1) is 0 Å². The predicted octanol–water partition coefficient (Wildman–Crippen LogP) is 4.24. The van der Waals surface area contributed by atoms with E-state index in [0.29, 0.717) is 29.5 Å². The van der Waals surface area contributed by atoms with Crippen molar-refractivity contribution in [2.45, 2.75) is 32.4 Å². The van der Waals surface area contributed by atoms with E-state index in [1.165, 1.54) is 12.1 Å². The lowest BCUT2D eigenvalue weighted by Gasteiger charge is -2.41. The van der Waals surface area contributed by atoms with E-state index in [1.807, 2.05) is 60.7 Å². The molecule has 2 unspecified atom stereocenters. The van der Waals surface area contributed by atoms with E-state index < -0.39 is 5.54 Å². The van der Waals surface area contributed by atoms with E-state index in [1.54, 1.807) is 25.6 Å². The van der Waals surface area contributed by atoms with Crippen LogP contribution in [0.5, 0.6) is 5.75 Å². The lowest BCUT2D eigenvalue weighted by molar-refractivity contribution is -0.126. The number of morpholine rings is 1. The average molecular weight is 461 g/mol. The van der Waals surface area contributed by atoms with Gasteiger partial charge in [-0.3, -0.25) is 4.79 Å². The van der Waals surface area contributed by atoms with Crippen molar-refractivity contribution in [3.05, 3.63) is 83.4 Å². The number of imidazole rings is 1. The van der Waals surface area contributed by atoms with Gasteiger partial charge in [-0.05, 0) is 62.2 Å². The first kappa shape index (κ1) is 21.9. The monoisotopic (exact) mass is 460 g/mol. The van der Waals surface area contributed by atoms with Crippen LogP contribution in [0.1, 0.15) is 30.7 Å². The Morgan fingerprint density at radius 2 is 2.00 bits per heavy atom. The number of carbonyl (C=O) groups excluding carboxylic acids is 1. The molecule has 1 fully saturated rings. The number of carbonyl (C=O) groups is 1. The zero-order valence-corrected chi connectivity index (χ0v) is 19.4. The van der Waals surface area contributed by atoms with Crippen LogP contribution >= 0.6 is 0 Å². The number of amides is 1. The Hall–Kier alpha value is -3.94. The van der Waals surface area contributed by atoms with E-state index >= 15 is 0 Å². The fourth-order valence-electron chi connectivity index (χ4n) is 4.47. The number of aryl methyl sites for hydroxylation is 1. The van der Waals surface area contributed by atoms with Gasteiger partial charge < -0.3 is 18.9 Å². The van der Waals surface area contributed by atoms with E-state index in [2.05, 4.69) is 9.98 Å². The molecule has 0 radical (unpaired) electrons. The summed E-state index contributed by atoms with van der Waals surface area (Å²) in [5.74, 6) is 1.00. The van der Waals surface area contributed by atoms with Gasteiger partial charge in [0.2, 0.25) is 0 Å². The van der Waals surface area contributed by atoms with Crippen LogP contribution < -0.4 is 4.74 Å². The van der Waals surface area contributed by atoms with Crippen molar-refractivity contribution in [1.82, 2.24) is 14.5 Å². The summed E-state index contributed by atoms with van der Waals surface area (Å²) >= 11 is 0. The minimum absolute atomic E-state index is 0.175. The molecular weight excluding hydrogens is 435 g/mol. The Balaban J connectivity index is 1.52. The maximum absolute atomic E-state index is 13.5. The first-order valence-electron chi connectivity index (χ1n) is 11.0. The molecule has 7 nitrogen and oxygen atoms in total. The predicted molar refractivity (Wildman–Crippen MR) is 126 cm³/mol. The van der Waals surface area contributed by atoms with Crippen molar-refractivity contribution in [3.63, 3.8) is 0 Å².